The third-order valence-electron chi connectivity index (χ3n) is 6.60. The van der Waals surface area contributed by atoms with Crippen LogP contribution in [0.15, 0.2) is 54.6 Å². The fraction of sp³-hybridized carbons (Fsp3) is 0.462. The van der Waals surface area contributed by atoms with Crippen LogP contribution in [0, 0.1) is 0 Å². The van der Waals surface area contributed by atoms with Crippen molar-refractivity contribution < 1.29 is 9.59 Å². The maximum atomic E-state index is 12.9. The number of likely N-dealkylation sites (tertiary alicyclic amines) is 1. The van der Waals surface area contributed by atoms with Crippen molar-refractivity contribution in [3.8, 4) is 11.1 Å². The molecular formula is C26H34N4O2. The normalized spacial score (nSPS) is 19.8. The molecule has 2 fully saturated rings. The number of nitrogens with zero attached hydrogens (tertiary/aromatic N) is 3. The van der Waals surface area contributed by atoms with E-state index in [1.54, 1.807) is 4.90 Å². The maximum Gasteiger partial charge on any atom is 0.322 e. The van der Waals surface area contributed by atoms with E-state index in [1.807, 2.05) is 54.3 Å². The molecule has 32 heavy (non-hydrogen) atoms. The van der Waals surface area contributed by atoms with Gasteiger partial charge in [0.05, 0.1) is 0 Å². The SMILES string of the molecule is CC1C(=O)N(CCCN2CCCCC2)CCN1C(=O)Nc1ccc(-c2ccccc2)cc1. The van der Waals surface area contributed by atoms with Crippen LogP contribution in [0.3, 0.4) is 0 Å². The quantitative estimate of drug-likeness (QED) is 0.738. The van der Waals surface area contributed by atoms with Gasteiger partial charge in [0, 0.05) is 25.3 Å². The van der Waals surface area contributed by atoms with Crippen LogP contribution in [-0.2, 0) is 4.79 Å². The van der Waals surface area contributed by atoms with Gasteiger partial charge in [-0.15, -0.1) is 0 Å². The average Bonchev–Trinajstić information content (AvgIpc) is 2.83. The first-order valence-electron chi connectivity index (χ1n) is 11.9. The van der Waals surface area contributed by atoms with Crippen LogP contribution in [0.2, 0.25) is 0 Å². The minimum Gasteiger partial charge on any atom is -0.339 e. The van der Waals surface area contributed by atoms with E-state index in [2.05, 4.69) is 22.3 Å². The molecule has 2 aromatic carbocycles. The first kappa shape index (κ1) is 22.3. The number of amides is 3. The lowest BCUT2D eigenvalue weighted by atomic mass is 10.1. The molecule has 0 aliphatic carbocycles. The van der Waals surface area contributed by atoms with Crippen molar-refractivity contribution in [2.24, 2.45) is 0 Å². The zero-order valence-corrected chi connectivity index (χ0v) is 19.0. The number of carbonyl (C=O) groups is 2. The number of benzene rings is 2. The largest absolute Gasteiger partial charge is 0.339 e. The van der Waals surface area contributed by atoms with Crippen LogP contribution in [0.4, 0.5) is 10.5 Å². The number of hydrogen-bond acceptors (Lipinski definition) is 3. The summed E-state index contributed by atoms with van der Waals surface area (Å²) < 4.78 is 0. The molecule has 6 nitrogen and oxygen atoms in total. The van der Waals surface area contributed by atoms with Crippen LogP contribution >= 0.6 is 0 Å². The van der Waals surface area contributed by atoms with E-state index in [-0.39, 0.29) is 11.9 Å². The number of piperidine rings is 1. The van der Waals surface area contributed by atoms with Gasteiger partial charge >= 0.3 is 6.03 Å². The lowest BCUT2D eigenvalue weighted by Gasteiger charge is -2.39. The van der Waals surface area contributed by atoms with Crippen molar-refractivity contribution in [3.63, 3.8) is 0 Å². The van der Waals surface area contributed by atoms with Gasteiger partial charge in [-0.25, -0.2) is 4.79 Å². The summed E-state index contributed by atoms with van der Waals surface area (Å²) in [5.74, 6) is 0.0458. The highest BCUT2D eigenvalue weighted by molar-refractivity contribution is 5.94. The van der Waals surface area contributed by atoms with Crippen LogP contribution in [0.25, 0.3) is 11.1 Å². The van der Waals surface area contributed by atoms with E-state index in [0.717, 1.165) is 36.3 Å². The van der Waals surface area contributed by atoms with Gasteiger partial charge < -0.3 is 20.0 Å². The summed E-state index contributed by atoms with van der Waals surface area (Å²) in [6.45, 7) is 7.19. The molecule has 4 rings (SSSR count). The minimum absolute atomic E-state index is 0.0458. The molecule has 1 atom stereocenters. The molecule has 2 saturated heterocycles. The number of rotatable bonds is 6. The standard InChI is InChI=1S/C26H34N4O2/c1-21-25(31)29(18-8-17-28-15-6-3-7-16-28)19-20-30(21)26(32)27-24-13-11-23(12-14-24)22-9-4-2-5-10-22/h2,4-5,9-14,21H,3,6-8,15-20H2,1H3,(H,27,32). The molecule has 2 heterocycles. The van der Waals surface area contributed by atoms with Crippen LogP contribution in [-0.4, -0.2) is 71.9 Å². The lowest BCUT2D eigenvalue weighted by Crippen LogP contribution is -2.58. The highest BCUT2D eigenvalue weighted by atomic mass is 16.2. The Morgan fingerprint density at radius 2 is 1.56 bits per heavy atom. The molecule has 1 unspecified atom stereocenters. The van der Waals surface area contributed by atoms with Crippen molar-refractivity contribution in [3.05, 3.63) is 54.6 Å². The molecule has 1 N–H and O–H groups in total. The summed E-state index contributed by atoms with van der Waals surface area (Å²) in [7, 11) is 0. The Bertz CT molecular complexity index is 894. The van der Waals surface area contributed by atoms with Crippen LogP contribution in [0.1, 0.15) is 32.6 Å². The maximum absolute atomic E-state index is 12.9. The van der Waals surface area contributed by atoms with Gasteiger partial charge in [0.1, 0.15) is 6.04 Å². The number of nitrogens with one attached hydrogen (secondary N) is 1. The Morgan fingerprint density at radius 1 is 0.875 bits per heavy atom. The topological polar surface area (TPSA) is 55.9 Å². The molecular weight excluding hydrogens is 400 g/mol. The number of carbonyl (C=O) groups excluding carboxylic acids is 2. The summed E-state index contributed by atoms with van der Waals surface area (Å²) >= 11 is 0. The Hall–Kier alpha value is -2.86. The summed E-state index contributed by atoms with van der Waals surface area (Å²) in [5.41, 5.74) is 2.98. The van der Waals surface area contributed by atoms with Crippen molar-refractivity contribution in [1.82, 2.24) is 14.7 Å². The molecule has 3 amide bonds. The van der Waals surface area contributed by atoms with Crippen molar-refractivity contribution in [2.75, 3.05) is 44.6 Å². The zero-order chi connectivity index (χ0) is 22.3. The number of hydrogen-bond donors (Lipinski definition) is 1. The van der Waals surface area contributed by atoms with Crippen molar-refractivity contribution in [1.29, 1.82) is 0 Å². The molecule has 2 aliphatic heterocycles. The van der Waals surface area contributed by atoms with Gasteiger partial charge in [0.25, 0.3) is 0 Å². The van der Waals surface area contributed by atoms with Crippen LogP contribution < -0.4 is 5.32 Å². The van der Waals surface area contributed by atoms with Gasteiger partial charge in [0.2, 0.25) is 5.91 Å². The first-order chi connectivity index (χ1) is 15.6. The second kappa shape index (κ2) is 10.6. The van der Waals surface area contributed by atoms with E-state index in [1.165, 1.54) is 32.4 Å². The minimum atomic E-state index is -0.442. The molecule has 0 radical (unpaired) electrons. The van der Waals surface area contributed by atoms with E-state index >= 15 is 0 Å². The molecule has 0 aromatic heterocycles. The number of piperazine rings is 1. The predicted molar refractivity (Wildman–Crippen MR) is 129 cm³/mol. The highest BCUT2D eigenvalue weighted by Crippen LogP contribution is 2.22. The molecule has 170 valence electrons. The number of anilines is 1. The Kier molecular flexibility index (Phi) is 7.43. The fourth-order valence-corrected chi connectivity index (χ4v) is 4.67. The fourth-order valence-electron chi connectivity index (χ4n) is 4.67. The van der Waals surface area contributed by atoms with Gasteiger partial charge in [-0.3, -0.25) is 4.79 Å². The third kappa shape index (κ3) is 5.49. The van der Waals surface area contributed by atoms with Crippen molar-refractivity contribution >= 4 is 17.6 Å². The summed E-state index contributed by atoms with van der Waals surface area (Å²) in [4.78, 5) is 31.8. The van der Waals surface area contributed by atoms with Gasteiger partial charge in [-0.2, -0.15) is 0 Å². The van der Waals surface area contributed by atoms with Gasteiger partial charge in [0.15, 0.2) is 0 Å². The smallest absolute Gasteiger partial charge is 0.322 e. The predicted octanol–water partition coefficient (Wildman–Crippen LogP) is 4.29. The van der Waals surface area contributed by atoms with E-state index in [9.17, 15) is 9.59 Å². The summed E-state index contributed by atoms with van der Waals surface area (Å²) in [6, 6.07) is 17.3. The molecule has 6 heteroatoms. The Balaban J connectivity index is 1.27. The van der Waals surface area contributed by atoms with Crippen molar-refractivity contribution in [2.45, 2.75) is 38.6 Å². The van der Waals surface area contributed by atoms with E-state index in [4.69, 9.17) is 0 Å². The average molecular weight is 435 g/mol. The highest BCUT2D eigenvalue weighted by Gasteiger charge is 2.34. The Morgan fingerprint density at radius 3 is 2.28 bits per heavy atom. The van der Waals surface area contributed by atoms with E-state index in [0.29, 0.717) is 13.1 Å². The zero-order valence-electron chi connectivity index (χ0n) is 19.0. The number of urea groups is 1. The molecule has 2 aromatic rings. The second-order valence-electron chi connectivity index (χ2n) is 8.82. The second-order valence-corrected chi connectivity index (χ2v) is 8.82. The van der Waals surface area contributed by atoms with Crippen LogP contribution in [0.5, 0.6) is 0 Å². The lowest BCUT2D eigenvalue weighted by molar-refractivity contribution is -0.139. The van der Waals surface area contributed by atoms with Gasteiger partial charge in [-0.05, 0) is 69.1 Å². The molecule has 0 saturated carbocycles. The summed E-state index contributed by atoms with van der Waals surface area (Å²) in [5, 5.41) is 2.95. The molecule has 0 spiro atoms. The first-order valence-corrected chi connectivity index (χ1v) is 11.9. The monoisotopic (exact) mass is 434 g/mol. The molecule has 0 bridgehead atoms. The van der Waals surface area contributed by atoms with E-state index < -0.39 is 6.04 Å². The summed E-state index contributed by atoms with van der Waals surface area (Å²) in [6.07, 6.45) is 4.92. The third-order valence-corrected chi connectivity index (χ3v) is 6.60. The van der Waals surface area contributed by atoms with Gasteiger partial charge in [-0.1, -0.05) is 48.9 Å². The Labute approximate surface area is 191 Å². The molecule has 2 aliphatic rings.